The van der Waals surface area contributed by atoms with Gasteiger partial charge in [-0.05, 0) is 49.6 Å². The van der Waals surface area contributed by atoms with Crippen LogP contribution in [0.5, 0.6) is 0 Å². The molecule has 9 heteroatoms. The molecule has 0 saturated carbocycles. The molecule has 1 aliphatic heterocycles. The summed E-state index contributed by atoms with van der Waals surface area (Å²) in [5, 5.41) is 1.54. The van der Waals surface area contributed by atoms with Crippen molar-refractivity contribution in [1.82, 2.24) is 13.7 Å². The lowest BCUT2D eigenvalue weighted by Gasteiger charge is -2.34. The minimum atomic E-state index is -3.52. The van der Waals surface area contributed by atoms with E-state index in [-0.39, 0.29) is 0 Å². The molecule has 4 rings (SSSR count). The first-order valence-electron chi connectivity index (χ1n) is 10.1. The number of hydrogen-bond acceptors (Lipinski definition) is 6. The van der Waals surface area contributed by atoms with Gasteiger partial charge in [0, 0.05) is 49.2 Å². The summed E-state index contributed by atoms with van der Waals surface area (Å²) < 4.78 is 32.6. The van der Waals surface area contributed by atoms with E-state index in [4.69, 9.17) is 11.6 Å². The third-order valence-corrected chi connectivity index (χ3v) is 8.72. The fourth-order valence-electron chi connectivity index (χ4n) is 4.05. The number of piperazine rings is 1. The smallest absolute Gasteiger partial charge is 0.243 e. The van der Waals surface area contributed by atoms with Crippen LogP contribution in [0, 0.1) is 20.8 Å². The van der Waals surface area contributed by atoms with Crippen LogP contribution < -0.4 is 4.90 Å². The van der Waals surface area contributed by atoms with Crippen molar-refractivity contribution in [2.24, 2.45) is 0 Å². The Morgan fingerprint density at radius 2 is 1.61 bits per heavy atom. The Labute approximate surface area is 192 Å². The van der Waals surface area contributed by atoms with E-state index in [1.54, 1.807) is 4.31 Å². The van der Waals surface area contributed by atoms with Gasteiger partial charge in [0.2, 0.25) is 15.2 Å². The highest BCUT2D eigenvalue weighted by atomic mass is 35.5. The first-order chi connectivity index (χ1) is 14.7. The summed E-state index contributed by atoms with van der Waals surface area (Å²) in [6.07, 6.45) is 0.647. The van der Waals surface area contributed by atoms with Gasteiger partial charge in [-0.15, -0.1) is 0 Å². The molecule has 0 radical (unpaired) electrons. The molecule has 0 N–H and O–H groups in total. The van der Waals surface area contributed by atoms with Crippen LogP contribution in [0.25, 0.3) is 0 Å². The Balaban J connectivity index is 1.43. The van der Waals surface area contributed by atoms with Crippen LogP contribution in [0.2, 0.25) is 5.02 Å². The van der Waals surface area contributed by atoms with E-state index in [9.17, 15) is 8.42 Å². The van der Waals surface area contributed by atoms with Gasteiger partial charge in [-0.1, -0.05) is 41.4 Å². The van der Waals surface area contributed by atoms with Gasteiger partial charge in [-0.3, -0.25) is 0 Å². The first-order valence-corrected chi connectivity index (χ1v) is 12.7. The Hall–Kier alpha value is -2.00. The Morgan fingerprint density at radius 3 is 2.23 bits per heavy atom. The summed E-state index contributed by atoms with van der Waals surface area (Å²) in [5.41, 5.74) is 3.78. The second kappa shape index (κ2) is 8.86. The minimum Gasteiger partial charge on any atom is -0.344 e. The number of benzene rings is 2. The van der Waals surface area contributed by atoms with Gasteiger partial charge >= 0.3 is 0 Å². The zero-order chi connectivity index (χ0) is 22.2. The molecule has 1 saturated heterocycles. The maximum absolute atomic E-state index is 13.3. The molecule has 6 nitrogen and oxygen atoms in total. The zero-order valence-electron chi connectivity index (χ0n) is 17.8. The molecule has 1 aromatic heterocycles. The lowest BCUT2D eigenvalue weighted by atomic mass is 10.1. The topological polar surface area (TPSA) is 66.4 Å². The molecule has 0 spiro atoms. The van der Waals surface area contributed by atoms with Crippen molar-refractivity contribution in [2.45, 2.75) is 32.1 Å². The van der Waals surface area contributed by atoms with Crippen LogP contribution in [0.1, 0.15) is 28.1 Å². The summed E-state index contributed by atoms with van der Waals surface area (Å²) in [6.45, 7) is 7.78. The predicted molar refractivity (Wildman–Crippen MR) is 126 cm³/mol. The summed E-state index contributed by atoms with van der Waals surface area (Å²) >= 11 is 7.31. The normalized spacial score (nSPS) is 15.4. The third kappa shape index (κ3) is 4.77. The number of rotatable bonds is 5. The maximum atomic E-state index is 13.3. The van der Waals surface area contributed by atoms with Crippen LogP contribution in [-0.4, -0.2) is 48.3 Å². The molecule has 2 aromatic carbocycles. The van der Waals surface area contributed by atoms with E-state index >= 15 is 0 Å². The molecule has 1 aliphatic rings. The monoisotopic (exact) mass is 476 g/mol. The molecule has 0 unspecified atom stereocenters. The number of anilines is 1. The van der Waals surface area contributed by atoms with Gasteiger partial charge in [-0.2, -0.15) is 8.68 Å². The standard InChI is InChI=1S/C22H25ClN4O2S2/c1-15-12-16(2)21(17(3)13-15)31(28,29)27-10-8-26(9-11-27)22-24-20(25-30-22)14-18-4-6-19(23)7-5-18/h4-7,12-13H,8-11,14H2,1-3H3. The molecule has 3 aromatic rings. The number of aryl methyl sites for hydroxylation is 3. The largest absolute Gasteiger partial charge is 0.344 e. The molecule has 0 bridgehead atoms. The predicted octanol–water partition coefficient (Wildman–Crippen LogP) is 4.22. The summed E-state index contributed by atoms with van der Waals surface area (Å²) in [5.74, 6) is 0.767. The van der Waals surface area contributed by atoms with Crippen LogP contribution in [0.4, 0.5) is 5.13 Å². The fraction of sp³-hybridized carbons (Fsp3) is 0.364. The zero-order valence-corrected chi connectivity index (χ0v) is 20.2. The van der Waals surface area contributed by atoms with E-state index in [2.05, 4.69) is 14.3 Å². The number of sulfonamides is 1. The number of halogens is 1. The summed E-state index contributed by atoms with van der Waals surface area (Å²) in [7, 11) is -3.52. The van der Waals surface area contributed by atoms with E-state index in [0.29, 0.717) is 42.5 Å². The van der Waals surface area contributed by atoms with E-state index in [0.717, 1.165) is 33.2 Å². The lowest BCUT2D eigenvalue weighted by molar-refractivity contribution is 0.384. The SMILES string of the molecule is Cc1cc(C)c(S(=O)(=O)N2CCN(c3nc(Cc4ccc(Cl)cc4)ns3)CC2)c(C)c1. The van der Waals surface area contributed by atoms with Crippen LogP contribution >= 0.6 is 23.1 Å². The number of hydrogen-bond donors (Lipinski definition) is 0. The maximum Gasteiger partial charge on any atom is 0.243 e. The average molecular weight is 477 g/mol. The Kier molecular flexibility index (Phi) is 6.35. The highest BCUT2D eigenvalue weighted by Gasteiger charge is 2.31. The molecule has 2 heterocycles. The third-order valence-electron chi connectivity index (χ3n) is 5.44. The Morgan fingerprint density at radius 1 is 1.00 bits per heavy atom. The molecule has 31 heavy (non-hydrogen) atoms. The molecular formula is C22H25ClN4O2S2. The fourth-order valence-corrected chi connectivity index (χ4v) is 6.75. The lowest BCUT2D eigenvalue weighted by Crippen LogP contribution is -2.48. The second-order valence-electron chi connectivity index (χ2n) is 7.92. The summed E-state index contributed by atoms with van der Waals surface area (Å²) in [4.78, 5) is 7.22. The molecule has 164 valence electrons. The van der Waals surface area contributed by atoms with E-state index in [1.807, 2.05) is 57.2 Å². The van der Waals surface area contributed by atoms with Crippen LogP contribution in [0.15, 0.2) is 41.3 Å². The van der Waals surface area contributed by atoms with Crippen LogP contribution in [-0.2, 0) is 16.4 Å². The minimum absolute atomic E-state index is 0.432. The van der Waals surface area contributed by atoms with Crippen molar-refractivity contribution in [2.75, 3.05) is 31.1 Å². The van der Waals surface area contributed by atoms with Crippen molar-refractivity contribution in [1.29, 1.82) is 0 Å². The highest BCUT2D eigenvalue weighted by molar-refractivity contribution is 7.89. The van der Waals surface area contributed by atoms with Gasteiger partial charge in [-0.25, -0.2) is 13.4 Å². The van der Waals surface area contributed by atoms with E-state index < -0.39 is 10.0 Å². The van der Waals surface area contributed by atoms with Gasteiger partial charge in [0.25, 0.3) is 0 Å². The first kappa shape index (κ1) is 22.2. The molecule has 0 aliphatic carbocycles. The molecular weight excluding hydrogens is 452 g/mol. The van der Waals surface area contributed by atoms with Gasteiger partial charge in [0.05, 0.1) is 4.90 Å². The number of aromatic nitrogens is 2. The summed E-state index contributed by atoms with van der Waals surface area (Å²) in [6, 6.07) is 11.5. The van der Waals surface area contributed by atoms with Gasteiger partial charge in [0.15, 0.2) is 0 Å². The Bertz CT molecular complexity index is 1160. The van der Waals surface area contributed by atoms with Crippen molar-refractivity contribution < 1.29 is 8.42 Å². The quantitative estimate of drug-likeness (QED) is 0.551. The van der Waals surface area contributed by atoms with Gasteiger partial charge < -0.3 is 4.90 Å². The van der Waals surface area contributed by atoms with E-state index in [1.165, 1.54) is 11.5 Å². The van der Waals surface area contributed by atoms with Gasteiger partial charge in [0.1, 0.15) is 5.82 Å². The molecule has 0 amide bonds. The van der Waals surface area contributed by atoms with Crippen molar-refractivity contribution >= 4 is 38.3 Å². The van der Waals surface area contributed by atoms with Crippen molar-refractivity contribution in [3.63, 3.8) is 0 Å². The average Bonchev–Trinajstić information content (AvgIpc) is 3.17. The van der Waals surface area contributed by atoms with Crippen LogP contribution in [0.3, 0.4) is 0 Å². The second-order valence-corrected chi connectivity index (χ2v) is 11.0. The highest BCUT2D eigenvalue weighted by Crippen LogP contribution is 2.27. The molecule has 1 fully saturated rings. The number of nitrogens with zero attached hydrogens (tertiary/aromatic N) is 4. The van der Waals surface area contributed by atoms with Crippen molar-refractivity contribution in [3.8, 4) is 0 Å². The van der Waals surface area contributed by atoms with Crippen molar-refractivity contribution in [3.05, 3.63) is 69.5 Å². The molecule has 0 atom stereocenters.